The Kier molecular flexibility index (Phi) is 3.58. The number of benzene rings is 2. The van der Waals surface area contributed by atoms with E-state index >= 15 is 0 Å². The Bertz CT molecular complexity index is 728. The van der Waals surface area contributed by atoms with Gasteiger partial charge in [0, 0.05) is 11.8 Å². The maximum Gasteiger partial charge on any atom is 0.176 e. The van der Waals surface area contributed by atoms with Gasteiger partial charge in [0.05, 0.1) is 4.90 Å². The maximum atomic E-state index is 11.8. The number of hydrogen-bond donors (Lipinski definition) is 0. The SMILES string of the molecule is C=Cc1cc(C)cc(-c2ccccc2S(C)(=O)=O)c1. The van der Waals surface area contributed by atoms with Crippen molar-refractivity contribution < 1.29 is 8.42 Å². The van der Waals surface area contributed by atoms with E-state index in [1.807, 2.05) is 37.3 Å². The molecule has 0 bridgehead atoms. The molecule has 98 valence electrons. The van der Waals surface area contributed by atoms with Gasteiger partial charge in [-0.1, -0.05) is 43.0 Å². The van der Waals surface area contributed by atoms with Gasteiger partial charge in [-0.25, -0.2) is 8.42 Å². The van der Waals surface area contributed by atoms with Crippen molar-refractivity contribution >= 4 is 15.9 Å². The highest BCUT2D eigenvalue weighted by atomic mass is 32.2. The van der Waals surface area contributed by atoms with E-state index in [0.717, 1.165) is 22.3 Å². The predicted octanol–water partition coefficient (Wildman–Crippen LogP) is 3.71. The zero-order valence-corrected chi connectivity index (χ0v) is 11.9. The summed E-state index contributed by atoms with van der Waals surface area (Å²) in [7, 11) is -3.24. The van der Waals surface area contributed by atoms with Crippen molar-refractivity contribution in [2.24, 2.45) is 0 Å². The minimum atomic E-state index is -3.24. The van der Waals surface area contributed by atoms with Crippen LogP contribution in [0.25, 0.3) is 17.2 Å². The van der Waals surface area contributed by atoms with Crippen LogP contribution in [0.2, 0.25) is 0 Å². The fraction of sp³-hybridized carbons (Fsp3) is 0.125. The Morgan fingerprint density at radius 3 is 2.42 bits per heavy atom. The van der Waals surface area contributed by atoms with Crippen LogP contribution < -0.4 is 0 Å². The fourth-order valence-corrected chi connectivity index (χ4v) is 3.03. The summed E-state index contributed by atoms with van der Waals surface area (Å²) in [6, 6.07) is 13.0. The summed E-state index contributed by atoms with van der Waals surface area (Å²) in [6.45, 7) is 5.75. The highest BCUT2D eigenvalue weighted by Crippen LogP contribution is 2.29. The molecule has 0 spiro atoms. The molecule has 0 N–H and O–H groups in total. The molecule has 0 unspecified atom stereocenters. The van der Waals surface area contributed by atoms with Crippen molar-refractivity contribution in [1.82, 2.24) is 0 Å². The summed E-state index contributed by atoms with van der Waals surface area (Å²) >= 11 is 0. The predicted molar refractivity (Wildman–Crippen MR) is 79.8 cm³/mol. The van der Waals surface area contributed by atoms with Crippen molar-refractivity contribution in [3.8, 4) is 11.1 Å². The second-order valence-electron chi connectivity index (χ2n) is 4.60. The van der Waals surface area contributed by atoms with Crippen LogP contribution in [0.15, 0.2) is 53.9 Å². The van der Waals surface area contributed by atoms with Gasteiger partial charge in [-0.2, -0.15) is 0 Å². The largest absolute Gasteiger partial charge is 0.224 e. The third-order valence-electron chi connectivity index (χ3n) is 2.93. The zero-order valence-electron chi connectivity index (χ0n) is 11.1. The van der Waals surface area contributed by atoms with Crippen LogP contribution in [0.4, 0.5) is 0 Å². The van der Waals surface area contributed by atoms with E-state index in [1.54, 1.807) is 18.2 Å². The van der Waals surface area contributed by atoms with Crippen LogP contribution in [0, 0.1) is 6.92 Å². The van der Waals surface area contributed by atoms with Crippen molar-refractivity contribution in [2.45, 2.75) is 11.8 Å². The lowest BCUT2D eigenvalue weighted by Gasteiger charge is -2.10. The molecular formula is C16H16O2S. The Hall–Kier alpha value is -1.87. The number of hydrogen-bond acceptors (Lipinski definition) is 2. The minimum absolute atomic E-state index is 0.357. The Balaban J connectivity index is 2.73. The molecule has 3 heteroatoms. The van der Waals surface area contributed by atoms with Gasteiger partial charge in [-0.05, 0) is 35.7 Å². The molecule has 0 atom stereocenters. The van der Waals surface area contributed by atoms with Gasteiger partial charge >= 0.3 is 0 Å². The topological polar surface area (TPSA) is 34.1 Å². The molecule has 0 amide bonds. The molecule has 0 heterocycles. The minimum Gasteiger partial charge on any atom is -0.224 e. The summed E-state index contributed by atoms with van der Waals surface area (Å²) in [4.78, 5) is 0.357. The van der Waals surface area contributed by atoms with Gasteiger partial charge in [-0.15, -0.1) is 0 Å². The van der Waals surface area contributed by atoms with Crippen LogP contribution in [0.5, 0.6) is 0 Å². The van der Waals surface area contributed by atoms with Crippen LogP contribution in [-0.2, 0) is 9.84 Å². The Morgan fingerprint density at radius 1 is 1.11 bits per heavy atom. The summed E-state index contributed by atoms with van der Waals surface area (Å²) in [5.74, 6) is 0. The first kappa shape index (κ1) is 13.6. The first-order valence-electron chi connectivity index (χ1n) is 5.95. The van der Waals surface area contributed by atoms with E-state index in [2.05, 4.69) is 6.58 Å². The molecule has 2 rings (SSSR count). The van der Waals surface area contributed by atoms with Crippen molar-refractivity contribution in [3.05, 3.63) is 60.2 Å². The van der Waals surface area contributed by atoms with E-state index in [9.17, 15) is 8.42 Å². The Labute approximate surface area is 114 Å². The molecule has 0 radical (unpaired) electrons. The van der Waals surface area contributed by atoms with Crippen molar-refractivity contribution in [1.29, 1.82) is 0 Å². The molecule has 2 aromatic carbocycles. The molecule has 2 aromatic rings. The summed E-state index contributed by atoms with van der Waals surface area (Å²) in [5, 5.41) is 0. The second kappa shape index (κ2) is 5.02. The fourth-order valence-electron chi connectivity index (χ4n) is 2.11. The lowest BCUT2D eigenvalue weighted by Crippen LogP contribution is -1.99. The zero-order chi connectivity index (χ0) is 14.0. The molecule has 0 saturated carbocycles. The van der Waals surface area contributed by atoms with Crippen LogP contribution in [0.1, 0.15) is 11.1 Å². The average molecular weight is 272 g/mol. The van der Waals surface area contributed by atoms with E-state index in [0.29, 0.717) is 4.90 Å². The molecule has 2 nitrogen and oxygen atoms in total. The van der Waals surface area contributed by atoms with Crippen molar-refractivity contribution in [2.75, 3.05) is 6.26 Å². The van der Waals surface area contributed by atoms with E-state index in [1.165, 1.54) is 6.26 Å². The van der Waals surface area contributed by atoms with Gasteiger partial charge in [0.2, 0.25) is 0 Å². The second-order valence-corrected chi connectivity index (χ2v) is 6.59. The lowest BCUT2D eigenvalue weighted by atomic mass is 10.0. The molecule has 19 heavy (non-hydrogen) atoms. The van der Waals surface area contributed by atoms with E-state index in [4.69, 9.17) is 0 Å². The summed E-state index contributed by atoms with van der Waals surface area (Å²) in [6.07, 6.45) is 3.00. The number of aryl methyl sites for hydroxylation is 1. The monoisotopic (exact) mass is 272 g/mol. The first-order valence-corrected chi connectivity index (χ1v) is 7.84. The van der Waals surface area contributed by atoms with Crippen molar-refractivity contribution in [3.63, 3.8) is 0 Å². The van der Waals surface area contributed by atoms with Crippen LogP contribution in [0.3, 0.4) is 0 Å². The molecular weight excluding hydrogens is 256 g/mol. The first-order chi connectivity index (χ1) is 8.91. The Morgan fingerprint density at radius 2 is 1.79 bits per heavy atom. The van der Waals surface area contributed by atoms with Crippen LogP contribution in [-0.4, -0.2) is 14.7 Å². The van der Waals surface area contributed by atoms with E-state index in [-0.39, 0.29) is 0 Å². The molecule has 0 fully saturated rings. The third kappa shape index (κ3) is 2.93. The molecule has 0 aliphatic carbocycles. The lowest BCUT2D eigenvalue weighted by molar-refractivity contribution is 0.602. The number of rotatable bonds is 3. The average Bonchev–Trinajstić information content (AvgIpc) is 2.37. The smallest absolute Gasteiger partial charge is 0.176 e. The third-order valence-corrected chi connectivity index (χ3v) is 4.09. The summed E-state index contributed by atoms with van der Waals surface area (Å²) < 4.78 is 23.7. The summed E-state index contributed by atoms with van der Waals surface area (Å²) in [5.41, 5.74) is 3.70. The van der Waals surface area contributed by atoms with Crippen LogP contribution >= 0.6 is 0 Å². The molecule has 0 aliphatic heterocycles. The molecule has 0 aromatic heterocycles. The molecule has 0 saturated heterocycles. The van der Waals surface area contributed by atoms with Gasteiger partial charge in [0.15, 0.2) is 9.84 Å². The highest BCUT2D eigenvalue weighted by Gasteiger charge is 2.14. The van der Waals surface area contributed by atoms with Gasteiger partial charge < -0.3 is 0 Å². The van der Waals surface area contributed by atoms with Gasteiger partial charge in [0.1, 0.15) is 0 Å². The standard InChI is InChI=1S/C16H16O2S/c1-4-13-9-12(2)10-14(11-13)15-7-5-6-8-16(15)19(3,17)18/h4-11H,1H2,2-3H3. The molecule has 0 aliphatic rings. The normalized spacial score (nSPS) is 11.3. The highest BCUT2D eigenvalue weighted by molar-refractivity contribution is 7.90. The maximum absolute atomic E-state index is 11.8. The number of sulfone groups is 1. The van der Waals surface area contributed by atoms with Gasteiger partial charge in [-0.3, -0.25) is 0 Å². The van der Waals surface area contributed by atoms with E-state index < -0.39 is 9.84 Å². The quantitative estimate of drug-likeness (QED) is 0.853. The van der Waals surface area contributed by atoms with Gasteiger partial charge in [0.25, 0.3) is 0 Å².